The average molecular weight is 419 g/mol. The number of nitrogens with one attached hydrogen (secondary N) is 1. The van der Waals surface area contributed by atoms with E-state index in [1.165, 1.54) is 7.11 Å². The summed E-state index contributed by atoms with van der Waals surface area (Å²) in [5.41, 5.74) is 2.39. The van der Waals surface area contributed by atoms with Crippen LogP contribution in [-0.2, 0) is 16.1 Å². The van der Waals surface area contributed by atoms with Crippen molar-refractivity contribution < 1.29 is 19.1 Å². The molecule has 3 aromatic rings. The maximum absolute atomic E-state index is 13.0. The van der Waals surface area contributed by atoms with Crippen LogP contribution in [0, 0.1) is 6.92 Å². The minimum Gasteiger partial charge on any atom is -0.495 e. The van der Waals surface area contributed by atoms with Crippen LogP contribution in [0.4, 0.5) is 5.69 Å². The lowest BCUT2D eigenvalue weighted by Gasteiger charge is -2.15. The number of likely N-dealkylation sites (tertiary alicyclic amines) is 1. The SMILES string of the molecule is COc1ccc(C)cc1NC(=O)C(=O)c1cn(CC(=O)N2CCCC2)c2ccccc12. The van der Waals surface area contributed by atoms with Gasteiger partial charge in [-0.3, -0.25) is 14.4 Å². The number of Topliss-reactive ketones (excluding diaryl/α,β-unsaturated/α-hetero) is 1. The first-order valence-corrected chi connectivity index (χ1v) is 10.3. The second-order valence-electron chi connectivity index (χ2n) is 7.76. The van der Waals surface area contributed by atoms with Crippen molar-refractivity contribution in [2.75, 3.05) is 25.5 Å². The minimum absolute atomic E-state index is 0.0196. The number of anilines is 1. The Morgan fingerprint density at radius 1 is 1.06 bits per heavy atom. The molecule has 160 valence electrons. The molecule has 31 heavy (non-hydrogen) atoms. The van der Waals surface area contributed by atoms with E-state index >= 15 is 0 Å². The number of aryl methyl sites for hydroxylation is 1. The molecule has 0 unspecified atom stereocenters. The van der Waals surface area contributed by atoms with E-state index in [0.29, 0.717) is 16.8 Å². The van der Waals surface area contributed by atoms with Crippen molar-refractivity contribution in [1.29, 1.82) is 0 Å². The first kappa shape index (κ1) is 20.7. The second-order valence-corrected chi connectivity index (χ2v) is 7.76. The third kappa shape index (κ3) is 4.17. The van der Waals surface area contributed by atoms with E-state index in [2.05, 4.69) is 5.32 Å². The van der Waals surface area contributed by atoms with Gasteiger partial charge in [-0.25, -0.2) is 0 Å². The van der Waals surface area contributed by atoms with Crippen LogP contribution >= 0.6 is 0 Å². The predicted octanol–water partition coefficient (Wildman–Crippen LogP) is 3.40. The van der Waals surface area contributed by atoms with Crippen molar-refractivity contribution in [2.24, 2.45) is 0 Å². The van der Waals surface area contributed by atoms with Gasteiger partial charge < -0.3 is 19.5 Å². The highest BCUT2D eigenvalue weighted by Gasteiger charge is 2.24. The van der Waals surface area contributed by atoms with E-state index in [0.717, 1.165) is 37.0 Å². The average Bonchev–Trinajstić information content (AvgIpc) is 3.42. The zero-order valence-corrected chi connectivity index (χ0v) is 17.7. The Morgan fingerprint density at radius 3 is 2.55 bits per heavy atom. The fourth-order valence-electron chi connectivity index (χ4n) is 3.99. The number of rotatable bonds is 6. The van der Waals surface area contributed by atoms with E-state index < -0.39 is 11.7 Å². The Kier molecular flexibility index (Phi) is 5.75. The molecule has 7 heteroatoms. The number of benzene rings is 2. The molecule has 7 nitrogen and oxygen atoms in total. The standard InChI is InChI=1S/C24H25N3O4/c1-16-9-10-21(31-2)19(13-16)25-24(30)23(29)18-14-27(20-8-4-3-7-17(18)20)15-22(28)26-11-5-6-12-26/h3-4,7-10,13-14H,5-6,11-12,15H2,1-2H3,(H,25,30). The van der Waals surface area contributed by atoms with Gasteiger partial charge in [0.15, 0.2) is 0 Å². The highest BCUT2D eigenvalue weighted by molar-refractivity contribution is 6.48. The molecular formula is C24H25N3O4. The normalized spacial score (nSPS) is 13.4. The Morgan fingerprint density at radius 2 is 1.81 bits per heavy atom. The van der Waals surface area contributed by atoms with Crippen LogP contribution in [0.5, 0.6) is 5.75 Å². The number of carbonyl (C=O) groups is 3. The third-order valence-electron chi connectivity index (χ3n) is 5.61. The van der Waals surface area contributed by atoms with Crippen molar-refractivity contribution in [3.8, 4) is 5.75 Å². The zero-order chi connectivity index (χ0) is 22.0. The van der Waals surface area contributed by atoms with Crippen LogP contribution in [-0.4, -0.2) is 47.3 Å². The van der Waals surface area contributed by atoms with Gasteiger partial charge in [0.05, 0.1) is 18.4 Å². The smallest absolute Gasteiger partial charge is 0.296 e. The van der Waals surface area contributed by atoms with E-state index in [1.807, 2.05) is 36.1 Å². The topological polar surface area (TPSA) is 80.6 Å². The van der Waals surface area contributed by atoms with E-state index in [9.17, 15) is 14.4 Å². The van der Waals surface area contributed by atoms with Gasteiger partial charge in [0.2, 0.25) is 5.91 Å². The molecule has 0 radical (unpaired) electrons. The minimum atomic E-state index is -0.752. The molecule has 1 saturated heterocycles. The summed E-state index contributed by atoms with van der Waals surface area (Å²) in [6, 6.07) is 12.7. The molecule has 0 spiro atoms. The van der Waals surface area contributed by atoms with Gasteiger partial charge in [0.1, 0.15) is 12.3 Å². The van der Waals surface area contributed by atoms with Crippen LogP contribution in [0.2, 0.25) is 0 Å². The Hall–Kier alpha value is -3.61. The Bertz CT molecular complexity index is 1160. The molecule has 0 bridgehead atoms. The lowest BCUT2D eigenvalue weighted by Crippen LogP contribution is -2.30. The van der Waals surface area contributed by atoms with Crippen molar-refractivity contribution >= 4 is 34.2 Å². The molecule has 0 aliphatic carbocycles. The predicted molar refractivity (Wildman–Crippen MR) is 118 cm³/mol. The van der Waals surface area contributed by atoms with Gasteiger partial charge in [-0.2, -0.15) is 0 Å². The fraction of sp³-hybridized carbons (Fsp3) is 0.292. The molecule has 2 amide bonds. The lowest BCUT2D eigenvalue weighted by molar-refractivity contribution is -0.130. The molecule has 4 rings (SSSR count). The van der Waals surface area contributed by atoms with Crippen LogP contribution in [0.25, 0.3) is 10.9 Å². The lowest BCUT2D eigenvalue weighted by atomic mass is 10.1. The fourth-order valence-corrected chi connectivity index (χ4v) is 3.99. The first-order chi connectivity index (χ1) is 15.0. The van der Waals surface area contributed by atoms with E-state index in [4.69, 9.17) is 4.74 Å². The molecule has 2 aromatic carbocycles. The molecule has 1 aliphatic rings. The quantitative estimate of drug-likeness (QED) is 0.491. The molecule has 1 aliphatic heterocycles. The summed E-state index contributed by atoms with van der Waals surface area (Å²) in [5.74, 6) is -0.915. The second kappa shape index (κ2) is 8.63. The molecular weight excluding hydrogens is 394 g/mol. The number of ketones is 1. The number of para-hydroxylation sites is 1. The third-order valence-corrected chi connectivity index (χ3v) is 5.61. The van der Waals surface area contributed by atoms with Gasteiger partial charge in [0, 0.05) is 30.2 Å². The summed E-state index contributed by atoms with van der Waals surface area (Å²) in [7, 11) is 1.51. The summed E-state index contributed by atoms with van der Waals surface area (Å²) >= 11 is 0. The molecule has 0 saturated carbocycles. The van der Waals surface area contributed by atoms with Gasteiger partial charge >= 0.3 is 0 Å². The number of aromatic nitrogens is 1. The maximum Gasteiger partial charge on any atom is 0.296 e. The number of amides is 2. The molecule has 2 heterocycles. The van der Waals surface area contributed by atoms with Gasteiger partial charge in [0.25, 0.3) is 11.7 Å². The number of carbonyl (C=O) groups excluding carboxylic acids is 3. The first-order valence-electron chi connectivity index (χ1n) is 10.3. The van der Waals surface area contributed by atoms with Crippen LogP contribution in [0.1, 0.15) is 28.8 Å². The molecule has 1 fully saturated rings. The summed E-state index contributed by atoms with van der Waals surface area (Å²) in [6.45, 7) is 3.57. The van der Waals surface area contributed by atoms with E-state index in [1.54, 1.807) is 29.0 Å². The Labute approximate surface area is 180 Å². The van der Waals surface area contributed by atoms with Crippen LogP contribution in [0.3, 0.4) is 0 Å². The van der Waals surface area contributed by atoms with Gasteiger partial charge in [-0.15, -0.1) is 0 Å². The summed E-state index contributed by atoms with van der Waals surface area (Å²) in [6.07, 6.45) is 3.64. The summed E-state index contributed by atoms with van der Waals surface area (Å²) < 4.78 is 7.03. The summed E-state index contributed by atoms with van der Waals surface area (Å²) in [5, 5.41) is 3.31. The highest BCUT2D eigenvalue weighted by atomic mass is 16.5. The Balaban J connectivity index is 1.61. The van der Waals surface area contributed by atoms with Crippen molar-refractivity contribution in [1.82, 2.24) is 9.47 Å². The van der Waals surface area contributed by atoms with Crippen LogP contribution in [0.15, 0.2) is 48.7 Å². The van der Waals surface area contributed by atoms with Crippen molar-refractivity contribution in [3.63, 3.8) is 0 Å². The zero-order valence-electron chi connectivity index (χ0n) is 17.7. The molecule has 1 N–H and O–H groups in total. The number of fused-ring (bicyclic) bond motifs is 1. The monoisotopic (exact) mass is 419 g/mol. The maximum atomic E-state index is 13.0. The number of hydrogen-bond donors (Lipinski definition) is 1. The molecule has 1 aromatic heterocycles. The van der Waals surface area contributed by atoms with Crippen molar-refractivity contribution in [3.05, 3.63) is 59.8 Å². The number of nitrogens with zero attached hydrogens (tertiary/aromatic N) is 2. The van der Waals surface area contributed by atoms with Gasteiger partial charge in [-0.1, -0.05) is 24.3 Å². The van der Waals surface area contributed by atoms with E-state index in [-0.39, 0.29) is 18.0 Å². The van der Waals surface area contributed by atoms with Crippen molar-refractivity contribution in [2.45, 2.75) is 26.3 Å². The highest BCUT2D eigenvalue weighted by Crippen LogP contribution is 2.27. The van der Waals surface area contributed by atoms with Gasteiger partial charge in [-0.05, 0) is 43.5 Å². The number of methoxy groups -OCH3 is 1. The number of ether oxygens (including phenoxy) is 1. The van der Waals surface area contributed by atoms with Crippen LogP contribution < -0.4 is 10.1 Å². The summed E-state index contributed by atoms with van der Waals surface area (Å²) in [4.78, 5) is 40.3. The molecule has 0 atom stereocenters. The largest absolute Gasteiger partial charge is 0.495 e. The number of hydrogen-bond acceptors (Lipinski definition) is 4.